The lowest BCUT2D eigenvalue weighted by molar-refractivity contribution is 0.490. The monoisotopic (exact) mass is 660 g/mol. The van der Waals surface area contributed by atoms with Gasteiger partial charge < -0.3 is 20.6 Å². The van der Waals surface area contributed by atoms with E-state index in [9.17, 15) is 0 Å². The Labute approximate surface area is 229 Å². The Morgan fingerprint density at radius 2 is 0.400 bits per heavy atom. The predicted octanol–water partition coefficient (Wildman–Crippen LogP) is 2.13. The first-order chi connectivity index (χ1) is 15.4. The first-order valence-electron chi connectivity index (χ1n) is 12.0. The Hall–Kier alpha value is 1.77. The summed E-state index contributed by atoms with van der Waals surface area (Å²) in [5, 5.41) is 0. The minimum Gasteiger partial charge on any atom is -0.433 e. The van der Waals surface area contributed by atoms with Crippen LogP contribution in [0.25, 0.3) is 0 Å². The first-order valence-corrected chi connectivity index (χ1v) is 36.1. The van der Waals surface area contributed by atoms with Gasteiger partial charge in [-0.2, -0.15) is 0 Å². The minimum atomic E-state index is -1.84. The molecule has 20 heteroatoms. The third-order valence-electron chi connectivity index (χ3n) is 3.18. The Bertz CT molecular complexity index is 515. The first kappa shape index (κ1) is 34.8. The van der Waals surface area contributed by atoms with Crippen LogP contribution in [0.1, 0.15) is 0 Å². The van der Waals surface area contributed by atoms with Gasteiger partial charge in [0.1, 0.15) is 0 Å². The van der Waals surface area contributed by atoms with Gasteiger partial charge in [-0.3, -0.25) is 23.2 Å². The molecule has 1 rings (SSSR count). The number of hydrogen-bond acceptors (Lipinski definition) is 10. The largest absolute Gasteiger partial charge is 0.433 e. The third-order valence-corrected chi connectivity index (χ3v) is 28.6. The van der Waals surface area contributed by atoms with Crippen LogP contribution in [0, 0.1) is 0 Å². The zero-order valence-electron chi connectivity index (χ0n) is 24.5. The Balaban J connectivity index is 3.46. The molecule has 10 nitrogen and oxygen atoms in total. The van der Waals surface area contributed by atoms with E-state index in [1.54, 1.807) is 0 Å². The summed E-state index contributed by atoms with van der Waals surface area (Å²) in [6.07, 6.45) is 0. The molecule has 1 aliphatic rings. The predicted molar refractivity (Wildman–Crippen MR) is 167 cm³/mol. The average molecular weight is 661 g/mol. The molecule has 5 N–H and O–H groups in total. The van der Waals surface area contributed by atoms with Gasteiger partial charge in [-0.05, 0) is 98.2 Å². The summed E-state index contributed by atoms with van der Waals surface area (Å²) in [4.78, 5) is 0. The van der Waals surface area contributed by atoms with Crippen molar-refractivity contribution in [2.24, 2.45) is 0 Å². The highest BCUT2D eigenvalue weighted by Crippen LogP contribution is 2.11. The molecular weight excluding hydrogens is 611 g/mol. The molecule has 0 aromatic rings. The second kappa shape index (κ2) is 13.4. The SMILES string of the molecule is C[Si](C)(C)O[Si]1N[Si](O[Si](C)(C)C)N[Si](O[Si](C)(C)C)N[Si](O[Si](C)(C)C)N[Si](O[Si](C)(C)C)N1. The summed E-state index contributed by atoms with van der Waals surface area (Å²) in [6, 6.07) is 0. The maximum Gasteiger partial charge on any atom is 0.382 e. The van der Waals surface area contributed by atoms with Crippen LogP contribution >= 0.6 is 0 Å². The summed E-state index contributed by atoms with van der Waals surface area (Å²) in [5.41, 5.74) is 0. The van der Waals surface area contributed by atoms with Crippen LogP contribution in [-0.2, 0) is 20.6 Å². The van der Waals surface area contributed by atoms with E-state index >= 15 is 0 Å². The molecule has 0 saturated carbocycles. The molecule has 1 aliphatic heterocycles. The van der Waals surface area contributed by atoms with Crippen molar-refractivity contribution in [1.29, 1.82) is 0 Å². The normalized spacial score (nSPS) is 21.0. The maximum absolute atomic E-state index is 6.67. The molecule has 5 radical (unpaired) electrons. The molecule has 0 aliphatic carbocycles. The average Bonchev–Trinajstić information content (AvgIpc) is 2.44. The summed E-state index contributed by atoms with van der Waals surface area (Å²) in [7, 11) is -17.4. The van der Waals surface area contributed by atoms with Crippen LogP contribution in [0.15, 0.2) is 0 Å². The third kappa shape index (κ3) is 18.6. The maximum atomic E-state index is 6.67. The highest BCUT2D eigenvalue weighted by atomic mass is 28.5. The fraction of sp³-hybridized carbons (Fsp3) is 1.00. The second-order valence-electron chi connectivity index (χ2n) is 13.3. The molecular formula is C15H50N5O5Si10. The van der Waals surface area contributed by atoms with Crippen molar-refractivity contribution in [2.45, 2.75) is 98.2 Å². The van der Waals surface area contributed by atoms with Crippen molar-refractivity contribution in [3.05, 3.63) is 0 Å². The fourth-order valence-electron chi connectivity index (χ4n) is 2.46. The Morgan fingerprint density at radius 3 is 0.486 bits per heavy atom. The fourth-order valence-corrected chi connectivity index (χ4v) is 29.5. The van der Waals surface area contributed by atoms with E-state index in [4.69, 9.17) is 20.6 Å². The van der Waals surface area contributed by atoms with Crippen molar-refractivity contribution in [1.82, 2.24) is 23.2 Å². The van der Waals surface area contributed by atoms with Crippen LogP contribution in [0.5, 0.6) is 0 Å². The van der Waals surface area contributed by atoms with Gasteiger partial charge in [-0.1, -0.05) is 0 Å². The molecule has 0 unspecified atom stereocenters. The highest BCUT2D eigenvalue weighted by Gasteiger charge is 2.43. The molecule has 1 saturated heterocycles. The molecule has 0 atom stereocenters. The van der Waals surface area contributed by atoms with Crippen molar-refractivity contribution < 1.29 is 20.6 Å². The lowest BCUT2D eigenvalue weighted by atomic mass is 11.8. The van der Waals surface area contributed by atoms with Gasteiger partial charge in [0.05, 0.1) is 0 Å². The molecule has 205 valence electrons. The van der Waals surface area contributed by atoms with Gasteiger partial charge >= 0.3 is 46.8 Å². The lowest BCUT2D eigenvalue weighted by Gasteiger charge is -2.38. The van der Waals surface area contributed by atoms with Crippen LogP contribution in [0.4, 0.5) is 0 Å². The summed E-state index contributed by atoms with van der Waals surface area (Å²) >= 11 is 0. The van der Waals surface area contributed by atoms with Crippen molar-refractivity contribution >= 4 is 88.4 Å². The smallest absolute Gasteiger partial charge is 0.382 e. The van der Waals surface area contributed by atoms with Crippen LogP contribution in [0.3, 0.4) is 0 Å². The Kier molecular flexibility index (Phi) is 13.3. The van der Waals surface area contributed by atoms with Crippen LogP contribution in [0.2, 0.25) is 98.2 Å². The summed E-state index contributed by atoms with van der Waals surface area (Å²) in [5.74, 6) is 0. The van der Waals surface area contributed by atoms with Gasteiger partial charge in [0.25, 0.3) is 0 Å². The van der Waals surface area contributed by atoms with E-state index in [0.717, 1.165) is 0 Å². The number of hydrogen-bond donors (Lipinski definition) is 5. The zero-order valence-corrected chi connectivity index (χ0v) is 34.5. The van der Waals surface area contributed by atoms with E-state index in [1.165, 1.54) is 0 Å². The van der Waals surface area contributed by atoms with E-state index in [2.05, 4.69) is 121 Å². The lowest BCUT2D eigenvalue weighted by Crippen LogP contribution is -2.79. The molecule has 35 heavy (non-hydrogen) atoms. The van der Waals surface area contributed by atoms with E-state index in [0.29, 0.717) is 0 Å². The van der Waals surface area contributed by atoms with E-state index in [-0.39, 0.29) is 0 Å². The summed E-state index contributed by atoms with van der Waals surface area (Å²) < 4.78 is 52.1. The van der Waals surface area contributed by atoms with Gasteiger partial charge in [0.15, 0.2) is 41.6 Å². The molecule has 0 amide bonds. The molecule has 1 heterocycles. The van der Waals surface area contributed by atoms with Crippen LogP contribution < -0.4 is 23.2 Å². The highest BCUT2D eigenvalue weighted by molar-refractivity contribution is 6.91. The summed E-state index contributed by atoms with van der Waals surface area (Å²) in [6.45, 7) is 33.3. The molecule has 0 aromatic heterocycles. The Morgan fingerprint density at radius 1 is 0.286 bits per heavy atom. The molecule has 0 spiro atoms. The molecule has 0 aromatic carbocycles. The van der Waals surface area contributed by atoms with Gasteiger partial charge in [-0.15, -0.1) is 0 Å². The second-order valence-corrected chi connectivity index (χ2v) is 46.8. The van der Waals surface area contributed by atoms with Gasteiger partial charge in [-0.25, -0.2) is 0 Å². The topological polar surface area (TPSA) is 106 Å². The minimum absolute atomic E-state index is 1.64. The van der Waals surface area contributed by atoms with Gasteiger partial charge in [0, 0.05) is 0 Å². The van der Waals surface area contributed by atoms with E-state index in [1.807, 2.05) is 0 Å². The van der Waals surface area contributed by atoms with Crippen molar-refractivity contribution in [3.8, 4) is 0 Å². The van der Waals surface area contributed by atoms with Crippen molar-refractivity contribution in [2.75, 3.05) is 0 Å². The quantitative estimate of drug-likeness (QED) is 0.224. The van der Waals surface area contributed by atoms with E-state index < -0.39 is 88.4 Å². The molecule has 1 fully saturated rings. The van der Waals surface area contributed by atoms with Crippen molar-refractivity contribution in [3.63, 3.8) is 0 Å². The number of nitrogens with one attached hydrogen (secondary N) is 5. The number of rotatable bonds is 10. The standard InChI is InChI=1S/C15H50N5O5Si10/c1-31(2,3)21-26-16-27(22-32(4,5)6)18-29(24-34(10,11)12)20-30(25-35(13,14)15)19-28(17-26)23-33(7,8)9/h16-20H,1-15H3. The van der Waals surface area contributed by atoms with Crippen LogP contribution in [-0.4, -0.2) is 88.4 Å². The zero-order chi connectivity index (χ0) is 27.5. The van der Waals surface area contributed by atoms with Gasteiger partial charge in [0.2, 0.25) is 0 Å². The molecule has 0 bridgehead atoms.